The molecule has 32 heavy (non-hydrogen) atoms. The number of hydrogen-bond acceptors (Lipinski definition) is 4. The van der Waals surface area contributed by atoms with Gasteiger partial charge in [-0.3, -0.25) is 19.7 Å². The van der Waals surface area contributed by atoms with Crippen molar-refractivity contribution in [1.82, 2.24) is 4.90 Å². The molecule has 162 valence electrons. The minimum atomic E-state index is -0.859. The van der Waals surface area contributed by atoms with E-state index in [-0.39, 0.29) is 23.9 Å². The monoisotopic (exact) mass is 430 g/mol. The van der Waals surface area contributed by atoms with Crippen LogP contribution in [0, 0.1) is 10.1 Å². The van der Waals surface area contributed by atoms with Gasteiger partial charge in [0.15, 0.2) is 0 Å². The largest absolute Gasteiger partial charge is 0.481 e. The SMILES string of the molecule is O=C(O)CC(c1ccccc1)c1cccc2c1CCN(C(=O)c1ccc([N+](=O)[O-])cc1)C2. The second-order valence-electron chi connectivity index (χ2n) is 7.83. The molecule has 0 saturated carbocycles. The molecule has 0 radical (unpaired) electrons. The van der Waals surface area contributed by atoms with Crippen LogP contribution in [0.25, 0.3) is 0 Å². The van der Waals surface area contributed by atoms with E-state index in [1.54, 1.807) is 4.90 Å². The first-order chi connectivity index (χ1) is 15.4. The van der Waals surface area contributed by atoms with Gasteiger partial charge in [0.1, 0.15) is 0 Å². The minimum Gasteiger partial charge on any atom is -0.481 e. The Morgan fingerprint density at radius 1 is 1.00 bits per heavy atom. The second-order valence-corrected chi connectivity index (χ2v) is 7.83. The average Bonchev–Trinajstić information content (AvgIpc) is 2.82. The van der Waals surface area contributed by atoms with Gasteiger partial charge in [0, 0.05) is 36.7 Å². The summed E-state index contributed by atoms with van der Waals surface area (Å²) in [4.78, 5) is 36.6. The summed E-state index contributed by atoms with van der Waals surface area (Å²) in [7, 11) is 0. The number of carboxylic acid groups (broad SMARTS) is 1. The van der Waals surface area contributed by atoms with Gasteiger partial charge >= 0.3 is 5.97 Å². The maximum Gasteiger partial charge on any atom is 0.304 e. The van der Waals surface area contributed by atoms with E-state index in [0.29, 0.717) is 25.1 Å². The van der Waals surface area contributed by atoms with Crippen molar-refractivity contribution in [3.8, 4) is 0 Å². The lowest BCUT2D eigenvalue weighted by Gasteiger charge is -2.32. The predicted octanol–water partition coefficient (Wildman–Crippen LogP) is 4.40. The molecule has 1 heterocycles. The van der Waals surface area contributed by atoms with E-state index in [2.05, 4.69) is 0 Å². The highest BCUT2D eigenvalue weighted by Gasteiger charge is 2.27. The Balaban J connectivity index is 1.61. The summed E-state index contributed by atoms with van der Waals surface area (Å²) in [5, 5.41) is 20.4. The normalized spacial score (nSPS) is 13.8. The molecular weight excluding hydrogens is 408 g/mol. The number of nitro groups is 1. The third-order valence-corrected chi connectivity index (χ3v) is 5.87. The first-order valence-corrected chi connectivity index (χ1v) is 10.3. The molecule has 0 aliphatic carbocycles. The minimum absolute atomic E-state index is 0.00803. The summed E-state index contributed by atoms with van der Waals surface area (Å²) < 4.78 is 0. The maximum atomic E-state index is 13.0. The van der Waals surface area contributed by atoms with Crippen LogP contribution >= 0.6 is 0 Å². The van der Waals surface area contributed by atoms with Crippen molar-refractivity contribution in [1.29, 1.82) is 0 Å². The number of aliphatic carboxylic acids is 1. The molecule has 0 saturated heterocycles. The number of amides is 1. The Bertz CT molecular complexity index is 1160. The molecule has 7 heteroatoms. The van der Waals surface area contributed by atoms with Crippen molar-refractivity contribution in [2.45, 2.75) is 25.3 Å². The van der Waals surface area contributed by atoms with Crippen molar-refractivity contribution in [3.63, 3.8) is 0 Å². The molecule has 0 spiro atoms. The lowest BCUT2D eigenvalue weighted by molar-refractivity contribution is -0.384. The van der Waals surface area contributed by atoms with Crippen LogP contribution in [0.5, 0.6) is 0 Å². The van der Waals surface area contributed by atoms with Crippen molar-refractivity contribution in [2.75, 3.05) is 6.54 Å². The average molecular weight is 430 g/mol. The molecule has 1 aliphatic rings. The Kier molecular flexibility index (Phi) is 5.98. The van der Waals surface area contributed by atoms with E-state index in [4.69, 9.17) is 0 Å². The standard InChI is InChI=1S/C25H22N2O5/c28-24(29)15-23(17-5-2-1-3-6-17)22-8-4-7-19-16-26(14-13-21(19)22)25(30)18-9-11-20(12-10-18)27(31)32/h1-12,23H,13-16H2,(H,28,29). The number of carbonyl (C=O) groups is 2. The molecule has 3 aromatic carbocycles. The molecule has 0 aromatic heterocycles. The summed E-state index contributed by atoms with van der Waals surface area (Å²) in [6.45, 7) is 0.905. The van der Waals surface area contributed by atoms with E-state index in [1.807, 2.05) is 48.5 Å². The Morgan fingerprint density at radius 3 is 2.38 bits per heavy atom. The van der Waals surface area contributed by atoms with Gasteiger partial charge in [-0.05, 0) is 40.8 Å². The van der Waals surface area contributed by atoms with Crippen LogP contribution in [-0.4, -0.2) is 33.4 Å². The fourth-order valence-corrected chi connectivity index (χ4v) is 4.31. The van der Waals surface area contributed by atoms with Crippen molar-refractivity contribution >= 4 is 17.6 Å². The molecular formula is C25H22N2O5. The van der Waals surface area contributed by atoms with E-state index in [0.717, 1.165) is 22.3 Å². The Morgan fingerprint density at radius 2 is 1.72 bits per heavy atom. The summed E-state index contributed by atoms with van der Waals surface area (Å²) >= 11 is 0. The van der Waals surface area contributed by atoms with Gasteiger partial charge < -0.3 is 10.0 Å². The van der Waals surface area contributed by atoms with Gasteiger partial charge in [-0.15, -0.1) is 0 Å². The molecule has 4 rings (SSSR count). The van der Waals surface area contributed by atoms with Crippen LogP contribution in [0.15, 0.2) is 72.8 Å². The van der Waals surface area contributed by atoms with Gasteiger partial charge in [-0.25, -0.2) is 0 Å². The van der Waals surface area contributed by atoms with Gasteiger partial charge in [0.05, 0.1) is 11.3 Å². The smallest absolute Gasteiger partial charge is 0.304 e. The van der Waals surface area contributed by atoms with Crippen molar-refractivity contribution in [3.05, 3.63) is 111 Å². The van der Waals surface area contributed by atoms with Crippen LogP contribution in [0.3, 0.4) is 0 Å². The number of non-ortho nitro benzene ring substituents is 1. The summed E-state index contributed by atoms with van der Waals surface area (Å²) in [5.74, 6) is -1.30. The molecule has 0 fully saturated rings. The topological polar surface area (TPSA) is 101 Å². The third kappa shape index (κ3) is 4.37. The summed E-state index contributed by atoms with van der Waals surface area (Å²) in [6, 6.07) is 21.1. The first kappa shape index (κ1) is 21.2. The van der Waals surface area contributed by atoms with Gasteiger partial charge in [-0.1, -0.05) is 48.5 Å². The van der Waals surface area contributed by atoms with Crippen LogP contribution in [0.2, 0.25) is 0 Å². The van der Waals surface area contributed by atoms with E-state index in [9.17, 15) is 24.8 Å². The Hall–Kier alpha value is -4.00. The highest BCUT2D eigenvalue weighted by Crippen LogP contribution is 2.34. The summed E-state index contributed by atoms with van der Waals surface area (Å²) in [6.07, 6.45) is 0.610. The fourth-order valence-electron chi connectivity index (χ4n) is 4.31. The number of benzene rings is 3. The summed E-state index contributed by atoms with van der Waals surface area (Å²) in [5.41, 5.74) is 4.38. The van der Waals surface area contributed by atoms with Crippen molar-refractivity contribution in [2.24, 2.45) is 0 Å². The van der Waals surface area contributed by atoms with Crippen LogP contribution < -0.4 is 0 Å². The molecule has 1 amide bonds. The second kappa shape index (κ2) is 9.01. The van der Waals surface area contributed by atoms with Gasteiger partial charge in [0.2, 0.25) is 0 Å². The van der Waals surface area contributed by atoms with E-state index in [1.165, 1.54) is 24.3 Å². The number of hydrogen-bond donors (Lipinski definition) is 1. The maximum absolute atomic E-state index is 13.0. The van der Waals surface area contributed by atoms with Crippen LogP contribution in [-0.2, 0) is 17.8 Å². The molecule has 1 N–H and O–H groups in total. The quantitative estimate of drug-likeness (QED) is 0.461. The van der Waals surface area contributed by atoms with Gasteiger partial charge in [0.25, 0.3) is 11.6 Å². The van der Waals surface area contributed by atoms with Gasteiger partial charge in [-0.2, -0.15) is 0 Å². The highest BCUT2D eigenvalue weighted by molar-refractivity contribution is 5.94. The molecule has 7 nitrogen and oxygen atoms in total. The predicted molar refractivity (Wildman–Crippen MR) is 119 cm³/mol. The van der Waals surface area contributed by atoms with E-state index >= 15 is 0 Å². The zero-order valence-electron chi connectivity index (χ0n) is 17.3. The zero-order chi connectivity index (χ0) is 22.7. The number of carbonyl (C=O) groups excluding carboxylic acids is 1. The van der Waals surface area contributed by atoms with Crippen molar-refractivity contribution < 1.29 is 19.6 Å². The van der Waals surface area contributed by atoms with Crippen LogP contribution in [0.4, 0.5) is 5.69 Å². The molecule has 3 aromatic rings. The number of carboxylic acids is 1. The van der Waals surface area contributed by atoms with E-state index < -0.39 is 10.9 Å². The molecule has 1 atom stereocenters. The number of fused-ring (bicyclic) bond motifs is 1. The number of rotatable bonds is 6. The molecule has 1 unspecified atom stereocenters. The highest BCUT2D eigenvalue weighted by atomic mass is 16.6. The first-order valence-electron chi connectivity index (χ1n) is 10.3. The Labute approximate surface area is 185 Å². The lowest BCUT2D eigenvalue weighted by atomic mass is 9.82. The zero-order valence-corrected chi connectivity index (χ0v) is 17.3. The lowest BCUT2D eigenvalue weighted by Crippen LogP contribution is -2.36. The number of nitro benzene ring substituents is 1. The fraction of sp³-hybridized carbons (Fsp3) is 0.200. The number of nitrogens with zero attached hydrogens (tertiary/aromatic N) is 2. The van der Waals surface area contributed by atoms with Crippen LogP contribution in [0.1, 0.15) is 45.0 Å². The molecule has 1 aliphatic heterocycles. The molecule has 0 bridgehead atoms. The third-order valence-electron chi connectivity index (χ3n) is 5.87.